The molecule has 2 aliphatic heterocycles. The Morgan fingerprint density at radius 2 is 2.00 bits per heavy atom. The summed E-state index contributed by atoms with van der Waals surface area (Å²) in [5.74, 6) is 1.50. The van der Waals surface area contributed by atoms with Gasteiger partial charge in [-0.1, -0.05) is 42.1 Å². The molecule has 1 aromatic heterocycles. The number of aromatic nitrogens is 2. The van der Waals surface area contributed by atoms with E-state index in [0.717, 1.165) is 29.2 Å². The minimum Gasteiger partial charge on any atom is -0.355 e. The molecule has 0 aliphatic carbocycles. The molecule has 1 N–H and O–H groups in total. The summed E-state index contributed by atoms with van der Waals surface area (Å²) in [6, 6.07) is 11.6. The standard InChI is InChI=1S/C18H18N4O2S/c23-17(21-14-6-7-25-18(14)24)13-9-22(10-13)16-8-15(19-11-20-16)12-4-2-1-3-5-12/h1-5,8,11,13-14H,6-7,9-10H2,(H,21,23)/t14-/m0/s1. The second-order valence-electron chi connectivity index (χ2n) is 6.25. The van der Waals surface area contributed by atoms with Gasteiger partial charge in [-0.2, -0.15) is 0 Å². The number of carbonyl (C=O) groups excluding carboxylic acids is 2. The van der Waals surface area contributed by atoms with Crippen molar-refractivity contribution >= 4 is 28.6 Å². The molecule has 3 heterocycles. The Kier molecular flexibility index (Phi) is 4.40. The molecule has 25 heavy (non-hydrogen) atoms. The number of rotatable bonds is 4. The van der Waals surface area contributed by atoms with Gasteiger partial charge in [0.05, 0.1) is 17.7 Å². The van der Waals surface area contributed by atoms with Gasteiger partial charge in [0.2, 0.25) is 11.0 Å². The molecule has 6 nitrogen and oxygen atoms in total. The fourth-order valence-electron chi connectivity index (χ4n) is 3.03. The molecule has 2 saturated heterocycles. The van der Waals surface area contributed by atoms with Crippen LogP contribution in [0, 0.1) is 5.92 Å². The molecule has 1 atom stereocenters. The molecule has 0 bridgehead atoms. The van der Waals surface area contributed by atoms with Crippen LogP contribution in [0.3, 0.4) is 0 Å². The Labute approximate surface area is 150 Å². The second kappa shape index (κ2) is 6.84. The molecule has 0 saturated carbocycles. The third-order valence-corrected chi connectivity index (χ3v) is 5.56. The maximum atomic E-state index is 12.3. The van der Waals surface area contributed by atoms with E-state index < -0.39 is 0 Å². The van der Waals surface area contributed by atoms with Crippen LogP contribution in [0.2, 0.25) is 0 Å². The van der Waals surface area contributed by atoms with Crippen molar-refractivity contribution in [1.29, 1.82) is 0 Å². The molecule has 0 unspecified atom stereocenters. The summed E-state index contributed by atoms with van der Waals surface area (Å²) >= 11 is 1.30. The van der Waals surface area contributed by atoms with Gasteiger partial charge in [0.25, 0.3) is 0 Å². The number of carbonyl (C=O) groups is 2. The first kappa shape index (κ1) is 16.1. The number of anilines is 1. The number of benzene rings is 1. The molecule has 2 aromatic rings. The second-order valence-corrected chi connectivity index (χ2v) is 7.35. The van der Waals surface area contributed by atoms with Crippen LogP contribution in [-0.2, 0) is 9.59 Å². The number of hydrogen-bond acceptors (Lipinski definition) is 6. The Balaban J connectivity index is 1.37. The molecular weight excluding hydrogens is 336 g/mol. The summed E-state index contributed by atoms with van der Waals surface area (Å²) in [6.07, 6.45) is 2.29. The molecule has 2 aliphatic rings. The van der Waals surface area contributed by atoms with Gasteiger partial charge in [0.15, 0.2) is 0 Å². The first-order valence-corrected chi connectivity index (χ1v) is 9.29. The molecule has 128 valence electrons. The lowest BCUT2D eigenvalue weighted by molar-refractivity contribution is -0.128. The number of hydrogen-bond donors (Lipinski definition) is 1. The van der Waals surface area contributed by atoms with E-state index in [1.807, 2.05) is 36.4 Å². The Morgan fingerprint density at radius 3 is 2.72 bits per heavy atom. The average Bonchev–Trinajstić information content (AvgIpc) is 2.99. The van der Waals surface area contributed by atoms with Crippen molar-refractivity contribution in [3.05, 3.63) is 42.7 Å². The highest BCUT2D eigenvalue weighted by molar-refractivity contribution is 8.14. The van der Waals surface area contributed by atoms with Crippen LogP contribution < -0.4 is 10.2 Å². The SMILES string of the molecule is O=C(N[C@H]1CCSC1=O)C1CN(c2cc(-c3ccccc3)ncn2)C1. The largest absolute Gasteiger partial charge is 0.355 e. The topological polar surface area (TPSA) is 75.2 Å². The zero-order valence-corrected chi connectivity index (χ0v) is 14.4. The van der Waals surface area contributed by atoms with Gasteiger partial charge in [-0.25, -0.2) is 9.97 Å². The fourth-order valence-corrected chi connectivity index (χ4v) is 3.97. The van der Waals surface area contributed by atoms with E-state index in [0.29, 0.717) is 13.1 Å². The van der Waals surface area contributed by atoms with Gasteiger partial charge in [-0.05, 0) is 6.42 Å². The van der Waals surface area contributed by atoms with E-state index in [-0.39, 0.29) is 23.0 Å². The minimum absolute atomic E-state index is 0.0329. The van der Waals surface area contributed by atoms with Gasteiger partial charge in [-0.3, -0.25) is 9.59 Å². The predicted molar refractivity (Wildman–Crippen MR) is 97.2 cm³/mol. The quantitative estimate of drug-likeness (QED) is 0.901. The highest BCUT2D eigenvalue weighted by Gasteiger charge is 2.36. The smallest absolute Gasteiger partial charge is 0.227 e. The number of nitrogens with one attached hydrogen (secondary N) is 1. The molecular formula is C18H18N4O2S. The van der Waals surface area contributed by atoms with Crippen molar-refractivity contribution in [2.75, 3.05) is 23.7 Å². The normalized spacial score (nSPS) is 20.4. The zero-order valence-electron chi connectivity index (χ0n) is 13.6. The first-order chi connectivity index (χ1) is 12.2. The van der Waals surface area contributed by atoms with Crippen molar-refractivity contribution in [2.24, 2.45) is 5.92 Å². The lowest BCUT2D eigenvalue weighted by atomic mass is 9.98. The molecule has 2 fully saturated rings. The highest BCUT2D eigenvalue weighted by atomic mass is 32.2. The third-order valence-electron chi connectivity index (χ3n) is 4.55. The van der Waals surface area contributed by atoms with Gasteiger partial charge >= 0.3 is 0 Å². The van der Waals surface area contributed by atoms with Gasteiger partial charge < -0.3 is 10.2 Å². The molecule has 0 radical (unpaired) electrons. The van der Waals surface area contributed by atoms with Crippen LogP contribution in [0.25, 0.3) is 11.3 Å². The van der Waals surface area contributed by atoms with Gasteiger partial charge in [0.1, 0.15) is 12.1 Å². The number of amides is 1. The molecule has 1 aromatic carbocycles. The van der Waals surface area contributed by atoms with Gasteiger partial charge in [-0.15, -0.1) is 0 Å². The summed E-state index contributed by atoms with van der Waals surface area (Å²) in [6.45, 7) is 1.23. The lowest BCUT2D eigenvalue weighted by Crippen LogP contribution is -2.55. The Bertz CT molecular complexity index is 793. The highest BCUT2D eigenvalue weighted by Crippen LogP contribution is 2.27. The molecule has 1 amide bonds. The zero-order chi connectivity index (χ0) is 17.2. The van der Waals surface area contributed by atoms with Crippen LogP contribution in [0.1, 0.15) is 6.42 Å². The summed E-state index contributed by atoms with van der Waals surface area (Å²) in [5.41, 5.74) is 1.91. The van der Waals surface area contributed by atoms with Crippen molar-refractivity contribution in [3.8, 4) is 11.3 Å². The van der Waals surface area contributed by atoms with E-state index in [1.54, 1.807) is 6.33 Å². The van der Waals surface area contributed by atoms with E-state index in [2.05, 4.69) is 20.2 Å². The summed E-state index contributed by atoms with van der Waals surface area (Å²) in [7, 11) is 0. The fraction of sp³-hybridized carbons (Fsp3) is 0.333. The van der Waals surface area contributed by atoms with E-state index in [9.17, 15) is 9.59 Å². The van der Waals surface area contributed by atoms with Crippen molar-refractivity contribution in [2.45, 2.75) is 12.5 Å². The number of thioether (sulfide) groups is 1. The lowest BCUT2D eigenvalue weighted by Gasteiger charge is -2.39. The van der Waals surface area contributed by atoms with Crippen molar-refractivity contribution in [3.63, 3.8) is 0 Å². The minimum atomic E-state index is -0.310. The van der Waals surface area contributed by atoms with Crippen LogP contribution >= 0.6 is 11.8 Å². The Hall–Kier alpha value is -2.41. The molecule has 7 heteroatoms. The van der Waals surface area contributed by atoms with Gasteiger partial charge in [0, 0.05) is 30.5 Å². The van der Waals surface area contributed by atoms with E-state index in [4.69, 9.17) is 0 Å². The number of nitrogens with zero attached hydrogens (tertiary/aromatic N) is 3. The maximum Gasteiger partial charge on any atom is 0.227 e. The monoisotopic (exact) mass is 354 g/mol. The average molecular weight is 354 g/mol. The molecule has 4 rings (SSSR count). The van der Waals surface area contributed by atoms with Crippen molar-refractivity contribution < 1.29 is 9.59 Å². The third kappa shape index (κ3) is 3.37. The first-order valence-electron chi connectivity index (χ1n) is 8.30. The van der Waals surface area contributed by atoms with E-state index in [1.165, 1.54) is 11.8 Å². The van der Waals surface area contributed by atoms with Crippen LogP contribution in [0.4, 0.5) is 5.82 Å². The van der Waals surface area contributed by atoms with Crippen molar-refractivity contribution in [1.82, 2.24) is 15.3 Å². The summed E-state index contributed by atoms with van der Waals surface area (Å²) in [4.78, 5) is 34.6. The summed E-state index contributed by atoms with van der Waals surface area (Å²) in [5, 5.41) is 2.95. The Morgan fingerprint density at radius 1 is 1.20 bits per heavy atom. The maximum absolute atomic E-state index is 12.3. The predicted octanol–water partition coefficient (Wildman–Crippen LogP) is 1.73. The van der Waals surface area contributed by atoms with E-state index >= 15 is 0 Å². The van der Waals surface area contributed by atoms with Crippen LogP contribution in [0.15, 0.2) is 42.7 Å². The summed E-state index contributed by atoms with van der Waals surface area (Å²) < 4.78 is 0. The van der Waals surface area contributed by atoms with Crippen LogP contribution in [0.5, 0.6) is 0 Å². The molecule has 0 spiro atoms. The van der Waals surface area contributed by atoms with Crippen LogP contribution in [-0.4, -0.2) is 45.9 Å².